The summed E-state index contributed by atoms with van der Waals surface area (Å²) in [5.41, 5.74) is 1.87. The molecule has 0 spiro atoms. The Balaban J connectivity index is 2.38. The molecular weight excluding hydrogens is 220 g/mol. The van der Waals surface area contributed by atoms with Gasteiger partial charge >= 0.3 is 0 Å². The summed E-state index contributed by atoms with van der Waals surface area (Å²) >= 11 is 5.89. The van der Waals surface area contributed by atoms with Crippen LogP contribution in [0.2, 0.25) is 5.02 Å². The van der Waals surface area contributed by atoms with Crippen molar-refractivity contribution in [2.45, 2.75) is 13.3 Å². The molecule has 1 unspecified atom stereocenters. The Morgan fingerprint density at radius 3 is 2.94 bits per heavy atom. The summed E-state index contributed by atoms with van der Waals surface area (Å²) in [5, 5.41) is 10.5. The molecule has 16 heavy (non-hydrogen) atoms. The molecule has 2 rings (SSSR count). The van der Waals surface area contributed by atoms with E-state index in [1.54, 1.807) is 0 Å². The molecule has 0 saturated carbocycles. The van der Waals surface area contributed by atoms with Crippen LogP contribution in [0, 0.1) is 17.2 Å². The predicted octanol–water partition coefficient (Wildman–Crippen LogP) is 3.59. The van der Waals surface area contributed by atoms with Gasteiger partial charge in [-0.3, -0.25) is 4.98 Å². The van der Waals surface area contributed by atoms with Gasteiger partial charge in [0, 0.05) is 28.4 Å². The van der Waals surface area contributed by atoms with Crippen LogP contribution in [0.25, 0.3) is 10.9 Å². The Bertz CT molecular complexity index is 557. The van der Waals surface area contributed by atoms with Gasteiger partial charge in [-0.2, -0.15) is 5.26 Å². The second-order valence-corrected chi connectivity index (χ2v) is 4.31. The van der Waals surface area contributed by atoms with Crippen LogP contribution in [0.15, 0.2) is 30.3 Å². The summed E-state index contributed by atoms with van der Waals surface area (Å²) in [7, 11) is 0. The maximum atomic E-state index is 8.75. The average molecular weight is 231 g/mol. The molecule has 0 radical (unpaired) electrons. The van der Waals surface area contributed by atoms with Crippen LogP contribution >= 0.6 is 11.6 Å². The van der Waals surface area contributed by atoms with Gasteiger partial charge in [0.15, 0.2) is 0 Å². The van der Waals surface area contributed by atoms with E-state index in [-0.39, 0.29) is 5.92 Å². The summed E-state index contributed by atoms with van der Waals surface area (Å²) < 4.78 is 0. The lowest BCUT2D eigenvalue weighted by atomic mass is 10.1. The molecule has 1 aromatic heterocycles. The number of hydrogen-bond donors (Lipinski definition) is 0. The zero-order chi connectivity index (χ0) is 11.5. The Morgan fingerprint density at radius 1 is 1.38 bits per heavy atom. The van der Waals surface area contributed by atoms with Crippen molar-refractivity contribution in [3.05, 3.63) is 41.0 Å². The molecule has 2 nitrogen and oxygen atoms in total. The monoisotopic (exact) mass is 230 g/mol. The van der Waals surface area contributed by atoms with E-state index in [0.29, 0.717) is 11.4 Å². The van der Waals surface area contributed by atoms with E-state index in [1.165, 1.54) is 0 Å². The van der Waals surface area contributed by atoms with Crippen molar-refractivity contribution in [2.75, 3.05) is 0 Å². The third kappa shape index (κ3) is 2.32. The molecule has 1 aromatic carbocycles. The summed E-state index contributed by atoms with van der Waals surface area (Å²) in [5.74, 6) is -0.00255. The first-order valence-electron chi connectivity index (χ1n) is 5.14. The van der Waals surface area contributed by atoms with Crippen molar-refractivity contribution in [1.29, 1.82) is 5.26 Å². The van der Waals surface area contributed by atoms with E-state index in [2.05, 4.69) is 11.1 Å². The number of hydrogen-bond acceptors (Lipinski definition) is 2. The quantitative estimate of drug-likeness (QED) is 0.791. The maximum absolute atomic E-state index is 8.75. The van der Waals surface area contributed by atoms with Gasteiger partial charge in [0.25, 0.3) is 0 Å². The van der Waals surface area contributed by atoms with Crippen LogP contribution in [0.5, 0.6) is 0 Å². The smallest absolute Gasteiger partial charge is 0.0706 e. The molecule has 0 amide bonds. The van der Waals surface area contributed by atoms with Crippen molar-refractivity contribution < 1.29 is 0 Å². The first-order valence-corrected chi connectivity index (χ1v) is 5.51. The SMILES string of the molecule is CC(C#N)Cc1ccc2cc(Cl)ccc2n1. The molecule has 3 heteroatoms. The fourth-order valence-corrected chi connectivity index (χ4v) is 1.79. The first kappa shape index (κ1) is 10.9. The average Bonchev–Trinajstić information content (AvgIpc) is 2.29. The van der Waals surface area contributed by atoms with Gasteiger partial charge in [0.2, 0.25) is 0 Å². The highest BCUT2D eigenvalue weighted by Crippen LogP contribution is 2.18. The number of aromatic nitrogens is 1. The minimum atomic E-state index is -0.00255. The lowest BCUT2D eigenvalue weighted by Crippen LogP contribution is -1.98. The van der Waals surface area contributed by atoms with Crippen molar-refractivity contribution in [3.8, 4) is 6.07 Å². The zero-order valence-electron chi connectivity index (χ0n) is 8.94. The van der Waals surface area contributed by atoms with Crippen molar-refractivity contribution >= 4 is 22.5 Å². The third-order valence-corrected chi connectivity index (χ3v) is 2.68. The second-order valence-electron chi connectivity index (χ2n) is 3.87. The fourth-order valence-electron chi connectivity index (χ4n) is 1.61. The third-order valence-electron chi connectivity index (χ3n) is 2.44. The maximum Gasteiger partial charge on any atom is 0.0706 e. The van der Waals surface area contributed by atoms with Gasteiger partial charge in [-0.25, -0.2) is 0 Å². The number of fused-ring (bicyclic) bond motifs is 1. The van der Waals surface area contributed by atoms with Crippen LogP contribution in [0.1, 0.15) is 12.6 Å². The highest BCUT2D eigenvalue weighted by molar-refractivity contribution is 6.31. The normalized spacial score (nSPS) is 12.3. The van der Waals surface area contributed by atoms with Gasteiger partial charge in [0.1, 0.15) is 0 Å². The highest BCUT2D eigenvalue weighted by Gasteiger charge is 2.04. The molecular formula is C13H11ClN2. The molecule has 0 aliphatic heterocycles. The predicted molar refractivity (Wildman–Crippen MR) is 65.2 cm³/mol. The second kappa shape index (κ2) is 4.51. The number of rotatable bonds is 2. The number of benzene rings is 1. The van der Waals surface area contributed by atoms with Crippen molar-refractivity contribution in [1.82, 2.24) is 4.98 Å². The Morgan fingerprint density at radius 2 is 2.19 bits per heavy atom. The van der Waals surface area contributed by atoms with Crippen LogP contribution in [-0.2, 0) is 6.42 Å². The molecule has 2 aromatic rings. The molecule has 80 valence electrons. The Labute approximate surface area is 99.5 Å². The number of halogens is 1. The van der Waals surface area contributed by atoms with E-state index < -0.39 is 0 Å². The van der Waals surface area contributed by atoms with Crippen molar-refractivity contribution in [3.63, 3.8) is 0 Å². The molecule has 0 N–H and O–H groups in total. The lowest BCUT2D eigenvalue weighted by Gasteiger charge is -2.04. The zero-order valence-corrected chi connectivity index (χ0v) is 9.70. The van der Waals surface area contributed by atoms with Gasteiger partial charge < -0.3 is 0 Å². The Kier molecular flexibility index (Phi) is 3.07. The summed E-state index contributed by atoms with van der Waals surface area (Å²) in [6, 6.07) is 11.8. The minimum absolute atomic E-state index is 0.00255. The van der Waals surface area contributed by atoms with Crippen LogP contribution in [0.4, 0.5) is 0 Å². The van der Waals surface area contributed by atoms with Gasteiger partial charge in [-0.15, -0.1) is 0 Å². The molecule has 0 aliphatic rings. The largest absolute Gasteiger partial charge is 0.253 e. The number of pyridine rings is 1. The molecule has 1 heterocycles. The van der Waals surface area contributed by atoms with Crippen molar-refractivity contribution in [2.24, 2.45) is 5.92 Å². The van der Waals surface area contributed by atoms with Crippen LogP contribution < -0.4 is 0 Å². The molecule has 1 atom stereocenters. The fraction of sp³-hybridized carbons (Fsp3) is 0.231. The van der Waals surface area contributed by atoms with E-state index in [0.717, 1.165) is 16.6 Å². The minimum Gasteiger partial charge on any atom is -0.253 e. The van der Waals surface area contributed by atoms with E-state index in [1.807, 2.05) is 37.3 Å². The first-order chi connectivity index (χ1) is 7.69. The van der Waals surface area contributed by atoms with Gasteiger partial charge in [0.05, 0.1) is 11.6 Å². The lowest BCUT2D eigenvalue weighted by molar-refractivity contribution is 0.724. The molecule has 0 aliphatic carbocycles. The topological polar surface area (TPSA) is 36.7 Å². The van der Waals surface area contributed by atoms with Gasteiger partial charge in [-0.1, -0.05) is 17.7 Å². The van der Waals surface area contributed by atoms with Crippen LogP contribution in [0.3, 0.4) is 0 Å². The highest BCUT2D eigenvalue weighted by atomic mass is 35.5. The van der Waals surface area contributed by atoms with E-state index >= 15 is 0 Å². The summed E-state index contributed by atoms with van der Waals surface area (Å²) in [4.78, 5) is 4.49. The number of nitrogens with zero attached hydrogens (tertiary/aromatic N) is 2. The standard InChI is InChI=1S/C13H11ClN2/c1-9(8-15)6-12-4-2-10-7-11(14)3-5-13(10)16-12/h2-5,7,9H,6H2,1H3. The molecule has 0 bridgehead atoms. The number of nitriles is 1. The van der Waals surface area contributed by atoms with Crippen LogP contribution in [-0.4, -0.2) is 4.98 Å². The summed E-state index contributed by atoms with van der Waals surface area (Å²) in [6.45, 7) is 1.90. The van der Waals surface area contributed by atoms with Gasteiger partial charge in [-0.05, 0) is 31.2 Å². The van der Waals surface area contributed by atoms with E-state index in [9.17, 15) is 0 Å². The molecule has 0 fully saturated rings. The molecule has 0 saturated heterocycles. The summed E-state index contributed by atoms with van der Waals surface area (Å²) in [6.07, 6.45) is 0.690. The van der Waals surface area contributed by atoms with E-state index in [4.69, 9.17) is 16.9 Å². The Hall–Kier alpha value is -1.59.